The molecular weight excluding hydrogens is 382 g/mol. The molecule has 1 heterocycles. The van der Waals surface area contributed by atoms with Crippen LogP contribution in [-0.2, 0) is 9.53 Å². The number of benzene rings is 2. The minimum absolute atomic E-state index is 0.0561. The molecule has 0 saturated heterocycles. The molecule has 0 atom stereocenters. The van der Waals surface area contributed by atoms with Gasteiger partial charge in [-0.05, 0) is 17.7 Å². The first kappa shape index (κ1) is 18.4. The van der Waals surface area contributed by atoms with Crippen molar-refractivity contribution in [3.8, 4) is 0 Å². The molecule has 0 spiro atoms. The van der Waals surface area contributed by atoms with E-state index >= 15 is 0 Å². The van der Waals surface area contributed by atoms with Crippen LogP contribution < -0.4 is 0 Å². The normalized spacial score (nSPS) is 13.5. The molecule has 0 fully saturated rings. The van der Waals surface area contributed by atoms with Gasteiger partial charge in [0.1, 0.15) is 5.82 Å². The number of halogens is 3. The van der Waals surface area contributed by atoms with Crippen LogP contribution >= 0.6 is 23.2 Å². The predicted molar refractivity (Wildman–Crippen MR) is 96.0 cm³/mol. The Hall–Kier alpha value is -2.44. The van der Waals surface area contributed by atoms with E-state index in [9.17, 15) is 14.0 Å². The van der Waals surface area contributed by atoms with Crippen molar-refractivity contribution < 1.29 is 18.7 Å². The molecule has 5 nitrogen and oxygen atoms in total. The lowest BCUT2D eigenvalue weighted by Crippen LogP contribution is -2.28. The average Bonchev–Trinajstić information content (AvgIpc) is 3.13. The van der Waals surface area contributed by atoms with Gasteiger partial charge in [-0.25, -0.2) is 14.2 Å². The fourth-order valence-electron chi connectivity index (χ4n) is 2.43. The van der Waals surface area contributed by atoms with Crippen molar-refractivity contribution in [2.24, 2.45) is 5.10 Å². The number of carbonyl (C=O) groups is 2. The Labute approximate surface area is 159 Å². The van der Waals surface area contributed by atoms with E-state index in [1.54, 1.807) is 0 Å². The Balaban J connectivity index is 1.62. The van der Waals surface area contributed by atoms with Gasteiger partial charge >= 0.3 is 5.97 Å². The lowest BCUT2D eigenvalue weighted by Gasteiger charge is -2.12. The van der Waals surface area contributed by atoms with Gasteiger partial charge in [0.05, 0.1) is 27.9 Å². The fraction of sp³-hybridized carbons (Fsp3) is 0.167. The number of ether oxygens (including phenoxy) is 1. The number of esters is 1. The highest BCUT2D eigenvalue weighted by Gasteiger charge is 2.23. The van der Waals surface area contributed by atoms with Crippen LogP contribution in [-0.4, -0.2) is 35.7 Å². The number of amides is 1. The molecule has 0 unspecified atom stereocenters. The number of nitrogens with zero attached hydrogens (tertiary/aromatic N) is 2. The Morgan fingerprint density at radius 2 is 1.88 bits per heavy atom. The smallest absolute Gasteiger partial charge is 0.340 e. The Bertz CT molecular complexity index is 888. The van der Waals surface area contributed by atoms with Crippen LogP contribution in [0.4, 0.5) is 4.39 Å². The first-order chi connectivity index (χ1) is 12.5. The molecule has 1 aliphatic rings. The van der Waals surface area contributed by atoms with E-state index in [2.05, 4.69) is 5.10 Å². The third kappa shape index (κ3) is 4.03. The van der Waals surface area contributed by atoms with E-state index in [-0.39, 0.29) is 15.6 Å². The molecule has 134 valence electrons. The van der Waals surface area contributed by atoms with Crippen LogP contribution in [0.5, 0.6) is 0 Å². The summed E-state index contributed by atoms with van der Waals surface area (Å²) in [7, 11) is 0. The SMILES string of the molecule is O=C(OCC(=O)N1CCC(c2ccccc2)=N1)c1cc(F)c(Cl)cc1Cl. The van der Waals surface area contributed by atoms with Gasteiger partial charge in [-0.2, -0.15) is 5.10 Å². The van der Waals surface area contributed by atoms with Crippen molar-refractivity contribution >= 4 is 40.8 Å². The van der Waals surface area contributed by atoms with Crippen molar-refractivity contribution in [1.29, 1.82) is 0 Å². The summed E-state index contributed by atoms with van der Waals surface area (Å²) >= 11 is 11.4. The van der Waals surface area contributed by atoms with Crippen LogP contribution in [0.15, 0.2) is 47.6 Å². The van der Waals surface area contributed by atoms with Crippen LogP contribution in [0, 0.1) is 5.82 Å². The van der Waals surface area contributed by atoms with Gasteiger partial charge in [0.25, 0.3) is 5.91 Å². The molecular formula is C18H13Cl2FN2O3. The minimum Gasteiger partial charge on any atom is -0.452 e. The standard InChI is InChI=1S/C18H13Cl2FN2O3/c19-13-9-14(20)15(21)8-12(13)18(25)26-10-17(24)23-7-6-16(22-23)11-4-2-1-3-5-11/h1-5,8-9H,6-7,10H2. The van der Waals surface area contributed by atoms with Crippen LogP contribution in [0.1, 0.15) is 22.3 Å². The third-order valence-corrected chi connectivity index (χ3v) is 4.36. The second-order valence-corrected chi connectivity index (χ2v) is 6.32. The Morgan fingerprint density at radius 3 is 2.62 bits per heavy atom. The monoisotopic (exact) mass is 394 g/mol. The molecule has 2 aromatic rings. The molecule has 0 radical (unpaired) electrons. The van der Waals surface area contributed by atoms with E-state index < -0.39 is 24.3 Å². The van der Waals surface area contributed by atoms with Crippen molar-refractivity contribution in [2.45, 2.75) is 6.42 Å². The summed E-state index contributed by atoms with van der Waals surface area (Å²) in [5.41, 5.74) is 1.52. The molecule has 0 aromatic heterocycles. The maximum absolute atomic E-state index is 13.5. The molecule has 2 aromatic carbocycles. The van der Waals surface area contributed by atoms with Crippen LogP contribution in [0.2, 0.25) is 10.0 Å². The van der Waals surface area contributed by atoms with Gasteiger partial charge in [-0.3, -0.25) is 4.79 Å². The molecule has 0 N–H and O–H groups in total. The highest BCUT2D eigenvalue weighted by molar-refractivity contribution is 6.36. The van der Waals surface area contributed by atoms with Gasteiger partial charge in [0, 0.05) is 6.42 Å². The zero-order chi connectivity index (χ0) is 18.7. The highest BCUT2D eigenvalue weighted by Crippen LogP contribution is 2.25. The second-order valence-electron chi connectivity index (χ2n) is 5.50. The minimum atomic E-state index is -0.912. The zero-order valence-corrected chi connectivity index (χ0v) is 14.9. The maximum Gasteiger partial charge on any atom is 0.340 e. The molecule has 1 aliphatic heterocycles. The van der Waals surface area contributed by atoms with E-state index in [4.69, 9.17) is 27.9 Å². The summed E-state index contributed by atoms with van der Waals surface area (Å²) in [5, 5.41) is 5.25. The van der Waals surface area contributed by atoms with Gasteiger partial charge in [-0.15, -0.1) is 0 Å². The van der Waals surface area contributed by atoms with Gasteiger partial charge < -0.3 is 4.74 Å². The first-order valence-electron chi connectivity index (χ1n) is 7.70. The Morgan fingerprint density at radius 1 is 1.15 bits per heavy atom. The van der Waals surface area contributed by atoms with E-state index in [0.29, 0.717) is 13.0 Å². The maximum atomic E-state index is 13.5. The van der Waals surface area contributed by atoms with Crippen molar-refractivity contribution in [2.75, 3.05) is 13.2 Å². The molecule has 1 amide bonds. The largest absolute Gasteiger partial charge is 0.452 e. The lowest BCUT2D eigenvalue weighted by atomic mass is 10.1. The fourth-order valence-corrected chi connectivity index (χ4v) is 2.89. The summed E-state index contributed by atoms with van der Waals surface area (Å²) in [6.07, 6.45) is 0.609. The average molecular weight is 395 g/mol. The number of hydrazone groups is 1. The topological polar surface area (TPSA) is 59.0 Å². The molecule has 0 bridgehead atoms. The van der Waals surface area contributed by atoms with Crippen molar-refractivity contribution in [3.05, 3.63) is 69.5 Å². The van der Waals surface area contributed by atoms with E-state index in [0.717, 1.165) is 23.4 Å². The Kier molecular flexibility index (Phi) is 5.54. The summed E-state index contributed by atoms with van der Waals surface area (Å²) in [5.74, 6) is -2.19. The predicted octanol–water partition coefficient (Wildman–Crippen LogP) is 3.93. The molecule has 26 heavy (non-hydrogen) atoms. The van der Waals surface area contributed by atoms with Crippen LogP contribution in [0.3, 0.4) is 0 Å². The van der Waals surface area contributed by atoms with Gasteiger partial charge in [0.2, 0.25) is 0 Å². The van der Waals surface area contributed by atoms with Gasteiger partial charge in [-0.1, -0.05) is 53.5 Å². The van der Waals surface area contributed by atoms with E-state index in [1.165, 1.54) is 5.01 Å². The second kappa shape index (κ2) is 7.85. The number of rotatable bonds is 4. The molecule has 0 aliphatic carbocycles. The molecule has 0 saturated carbocycles. The summed E-state index contributed by atoms with van der Waals surface area (Å²) < 4.78 is 18.4. The van der Waals surface area contributed by atoms with Crippen molar-refractivity contribution in [3.63, 3.8) is 0 Å². The van der Waals surface area contributed by atoms with Gasteiger partial charge in [0.15, 0.2) is 6.61 Å². The summed E-state index contributed by atoms with van der Waals surface area (Å²) in [6.45, 7) is -0.123. The highest BCUT2D eigenvalue weighted by atomic mass is 35.5. The summed E-state index contributed by atoms with van der Waals surface area (Å²) in [4.78, 5) is 24.2. The number of carbonyl (C=O) groups excluding carboxylic acids is 2. The van der Waals surface area contributed by atoms with Crippen molar-refractivity contribution in [1.82, 2.24) is 5.01 Å². The number of hydrogen-bond acceptors (Lipinski definition) is 4. The lowest BCUT2D eigenvalue weighted by molar-refractivity contribution is -0.134. The summed E-state index contributed by atoms with van der Waals surface area (Å²) in [6, 6.07) is 11.5. The number of hydrogen-bond donors (Lipinski definition) is 0. The first-order valence-corrected chi connectivity index (χ1v) is 8.46. The zero-order valence-electron chi connectivity index (χ0n) is 13.4. The third-order valence-electron chi connectivity index (χ3n) is 3.75. The quantitative estimate of drug-likeness (QED) is 0.583. The molecule has 8 heteroatoms. The molecule has 3 rings (SSSR count). The van der Waals surface area contributed by atoms with E-state index in [1.807, 2.05) is 30.3 Å². The van der Waals surface area contributed by atoms with Crippen LogP contribution in [0.25, 0.3) is 0 Å².